The highest BCUT2D eigenvalue weighted by atomic mass is 16.6. The first kappa shape index (κ1) is 10.9. The molecule has 0 unspecified atom stereocenters. The van der Waals surface area contributed by atoms with Crippen molar-refractivity contribution < 1.29 is 9.72 Å². The Morgan fingerprint density at radius 2 is 1.94 bits per heavy atom. The summed E-state index contributed by atoms with van der Waals surface area (Å²) in [6.07, 6.45) is 2.02. The average Bonchev–Trinajstić information content (AvgIpc) is 3.13. The molecule has 92 valence electrons. The van der Waals surface area contributed by atoms with Crippen LogP contribution in [0.4, 0.5) is 5.69 Å². The number of benzene rings is 1. The van der Waals surface area contributed by atoms with Gasteiger partial charge >= 0.3 is 0 Å². The predicted molar refractivity (Wildman–Crippen MR) is 64.4 cm³/mol. The number of non-ortho nitro benzene ring substituents is 1. The molecule has 1 heterocycles. The number of amidine groups is 1. The molecule has 1 aromatic rings. The zero-order valence-electron chi connectivity index (χ0n) is 9.57. The highest BCUT2D eigenvalue weighted by molar-refractivity contribution is 6.12. The standard InChI is InChI=1S/C12H11N3O3/c16-11-7-13-12(14(11)9-5-6-9)8-1-3-10(4-2-8)15(17)18/h1-4,9H,5-7H2. The van der Waals surface area contributed by atoms with Crippen molar-refractivity contribution in [2.24, 2.45) is 4.99 Å². The third-order valence-corrected chi connectivity index (χ3v) is 3.11. The van der Waals surface area contributed by atoms with Gasteiger partial charge in [-0.15, -0.1) is 0 Å². The molecule has 0 bridgehead atoms. The van der Waals surface area contributed by atoms with Gasteiger partial charge in [-0.05, 0) is 25.0 Å². The van der Waals surface area contributed by atoms with Gasteiger partial charge in [-0.3, -0.25) is 24.8 Å². The lowest BCUT2D eigenvalue weighted by molar-refractivity contribution is -0.384. The van der Waals surface area contributed by atoms with E-state index in [1.54, 1.807) is 17.0 Å². The van der Waals surface area contributed by atoms with Gasteiger partial charge in [0.1, 0.15) is 12.4 Å². The van der Waals surface area contributed by atoms with Crippen LogP contribution in [0.1, 0.15) is 18.4 Å². The Morgan fingerprint density at radius 1 is 1.28 bits per heavy atom. The third-order valence-electron chi connectivity index (χ3n) is 3.11. The van der Waals surface area contributed by atoms with E-state index in [4.69, 9.17) is 0 Å². The van der Waals surface area contributed by atoms with E-state index in [1.165, 1.54) is 12.1 Å². The summed E-state index contributed by atoms with van der Waals surface area (Å²) in [7, 11) is 0. The molecule has 0 N–H and O–H groups in total. The second-order valence-electron chi connectivity index (χ2n) is 4.44. The van der Waals surface area contributed by atoms with E-state index in [9.17, 15) is 14.9 Å². The van der Waals surface area contributed by atoms with E-state index in [-0.39, 0.29) is 24.2 Å². The molecule has 1 amide bonds. The quantitative estimate of drug-likeness (QED) is 0.595. The van der Waals surface area contributed by atoms with Gasteiger partial charge in [-0.25, -0.2) is 0 Å². The van der Waals surface area contributed by atoms with Crippen LogP contribution in [0.2, 0.25) is 0 Å². The van der Waals surface area contributed by atoms with Gasteiger partial charge in [-0.1, -0.05) is 0 Å². The molecule has 1 aliphatic carbocycles. The topological polar surface area (TPSA) is 75.8 Å². The van der Waals surface area contributed by atoms with Gasteiger partial charge in [-0.2, -0.15) is 0 Å². The number of nitro groups is 1. The maximum absolute atomic E-state index is 11.7. The molecule has 0 saturated heterocycles. The second-order valence-corrected chi connectivity index (χ2v) is 4.44. The number of hydrogen-bond donors (Lipinski definition) is 0. The molecule has 0 radical (unpaired) electrons. The summed E-state index contributed by atoms with van der Waals surface area (Å²) in [6.45, 7) is 0.183. The largest absolute Gasteiger partial charge is 0.292 e. The van der Waals surface area contributed by atoms with Crippen molar-refractivity contribution in [3.05, 3.63) is 39.9 Å². The zero-order chi connectivity index (χ0) is 12.7. The molecule has 0 atom stereocenters. The molecule has 1 saturated carbocycles. The number of carbonyl (C=O) groups excluding carboxylic acids is 1. The van der Waals surface area contributed by atoms with Gasteiger partial charge in [0.2, 0.25) is 5.91 Å². The minimum atomic E-state index is -0.440. The van der Waals surface area contributed by atoms with Gasteiger partial charge in [0.25, 0.3) is 5.69 Å². The first-order valence-corrected chi connectivity index (χ1v) is 5.78. The predicted octanol–water partition coefficient (Wildman–Crippen LogP) is 1.35. The zero-order valence-corrected chi connectivity index (χ0v) is 9.57. The summed E-state index contributed by atoms with van der Waals surface area (Å²) in [5.74, 6) is 0.670. The number of nitro benzene ring substituents is 1. The van der Waals surface area contributed by atoms with Gasteiger partial charge in [0.15, 0.2) is 0 Å². The summed E-state index contributed by atoms with van der Waals surface area (Å²) in [5, 5.41) is 10.6. The van der Waals surface area contributed by atoms with Crippen molar-refractivity contribution in [1.29, 1.82) is 0 Å². The Labute approximate surface area is 103 Å². The normalized spacial score (nSPS) is 19.0. The lowest BCUT2D eigenvalue weighted by Crippen LogP contribution is -2.35. The van der Waals surface area contributed by atoms with Crippen molar-refractivity contribution in [3.63, 3.8) is 0 Å². The number of rotatable bonds is 3. The van der Waals surface area contributed by atoms with E-state index >= 15 is 0 Å². The second kappa shape index (κ2) is 3.90. The minimum Gasteiger partial charge on any atom is -0.292 e. The number of nitrogens with zero attached hydrogens (tertiary/aromatic N) is 3. The fraction of sp³-hybridized carbons (Fsp3) is 0.333. The highest BCUT2D eigenvalue weighted by Gasteiger charge is 2.38. The van der Waals surface area contributed by atoms with Gasteiger partial charge in [0.05, 0.1) is 4.92 Å². The lowest BCUT2D eigenvalue weighted by atomic mass is 10.2. The van der Waals surface area contributed by atoms with Crippen LogP contribution >= 0.6 is 0 Å². The maximum Gasteiger partial charge on any atom is 0.269 e. The fourth-order valence-corrected chi connectivity index (χ4v) is 2.08. The lowest BCUT2D eigenvalue weighted by Gasteiger charge is -2.17. The van der Waals surface area contributed by atoms with Crippen molar-refractivity contribution in [3.8, 4) is 0 Å². The smallest absolute Gasteiger partial charge is 0.269 e. The Morgan fingerprint density at radius 3 is 2.50 bits per heavy atom. The summed E-state index contributed by atoms with van der Waals surface area (Å²) in [6, 6.07) is 6.43. The molecule has 1 aliphatic heterocycles. The molecule has 0 aromatic heterocycles. The SMILES string of the molecule is O=C1CN=C(c2ccc([N+](=O)[O-])cc2)N1C1CC1. The molecule has 1 aromatic carbocycles. The summed E-state index contributed by atoms with van der Waals surface area (Å²) >= 11 is 0. The molecule has 3 rings (SSSR count). The van der Waals surface area contributed by atoms with E-state index in [2.05, 4.69) is 4.99 Å². The Bertz CT molecular complexity index is 546. The highest BCUT2D eigenvalue weighted by Crippen LogP contribution is 2.31. The first-order chi connectivity index (χ1) is 8.66. The van der Waals surface area contributed by atoms with Crippen molar-refractivity contribution in [2.75, 3.05) is 6.54 Å². The molecule has 6 heteroatoms. The van der Waals surface area contributed by atoms with E-state index in [0.717, 1.165) is 18.4 Å². The minimum absolute atomic E-state index is 0.0193. The van der Waals surface area contributed by atoms with Crippen LogP contribution in [0.5, 0.6) is 0 Å². The van der Waals surface area contributed by atoms with Crippen molar-refractivity contribution >= 4 is 17.4 Å². The molecular formula is C12H11N3O3. The van der Waals surface area contributed by atoms with Crippen LogP contribution in [-0.2, 0) is 4.79 Å². The molecule has 1 fully saturated rings. The summed E-state index contributed by atoms with van der Waals surface area (Å²) < 4.78 is 0. The Kier molecular flexibility index (Phi) is 2.36. The van der Waals surface area contributed by atoms with E-state index < -0.39 is 4.92 Å². The average molecular weight is 245 g/mol. The third kappa shape index (κ3) is 1.75. The molecule has 2 aliphatic rings. The first-order valence-electron chi connectivity index (χ1n) is 5.78. The van der Waals surface area contributed by atoms with Gasteiger partial charge < -0.3 is 0 Å². The molecular weight excluding hydrogens is 234 g/mol. The van der Waals surface area contributed by atoms with Crippen LogP contribution in [-0.4, -0.2) is 34.2 Å². The molecule has 6 nitrogen and oxygen atoms in total. The van der Waals surface area contributed by atoms with Crippen LogP contribution in [0, 0.1) is 10.1 Å². The summed E-state index contributed by atoms with van der Waals surface area (Å²) in [4.78, 5) is 27.8. The fourth-order valence-electron chi connectivity index (χ4n) is 2.08. The van der Waals surface area contributed by atoms with Crippen LogP contribution in [0.25, 0.3) is 0 Å². The van der Waals surface area contributed by atoms with E-state index in [1.807, 2.05) is 0 Å². The number of hydrogen-bond acceptors (Lipinski definition) is 4. The maximum atomic E-state index is 11.7. The Hall–Kier alpha value is -2.24. The number of aliphatic imine (C=N–C) groups is 1. The number of amides is 1. The van der Waals surface area contributed by atoms with Crippen LogP contribution in [0.15, 0.2) is 29.3 Å². The monoisotopic (exact) mass is 245 g/mol. The Balaban J connectivity index is 1.90. The van der Waals surface area contributed by atoms with Crippen molar-refractivity contribution in [1.82, 2.24) is 4.90 Å². The number of carbonyl (C=O) groups is 1. The molecule has 0 spiro atoms. The van der Waals surface area contributed by atoms with Gasteiger partial charge in [0, 0.05) is 23.7 Å². The van der Waals surface area contributed by atoms with Crippen molar-refractivity contribution in [2.45, 2.75) is 18.9 Å². The summed E-state index contributed by atoms with van der Waals surface area (Å²) in [5.41, 5.74) is 0.806. The van der Waals surface area contributed by atoms with E-state index in [0.29, 0.717) is 5.84 Å². The molecule has 18 heavy (non-hydrogen) atoms. The van der Waals surface area contributed by atoms with Crippen LogP contribution < -0.4 is 0 Å². The van der Waals surface area contributed by atoms with Crippen LogP contribution in [0.3, 0.4) is 0 Å².